The zero-order chi connectivity index (χ0) is 21.1. The molecule has 4 rings (SSSR count). The fourth-order valence-electron chi connectivity index (χ4n) is 3.79. The summed E-state index contributed by atoms with van der Waals surface area (Å²) in [6, 6.07) is 15.1. The topological polar surface area (TPSA) is 74.3 Å². The third-order valence-electron chi connectivity index (χ3n) is 5.44. The van der Waals surface area contributed by atoms with Gasteiger partial charge in [0.15, 0.2) is 0 Å². The van der Waals surface area contributed by atoms with Crippen molar-refractivity contribution in [2.75, 3.05) is 29.9 Å². The third kappa shape index (κ3) is 3.99. The number of amides is 2. The fourth-order valence-corrected chi connectivity index (χ4v) is 3.79. The van der Waals surface area contributed by atoms with Crippen LogP contribution >= 0.6 is 0 Å². The molecule has 0 atom stereocenters. The maximum atomic E-state index is 13.3. The average Bonchev–Trinajstić information content (AvgIpc) is 3.29. The van der Waals surface area contributed by atoms with Gasteiger partial charge in [-0.05, 0) is 56.5 Å². The molecule has 1 fully saturated rings. The van der Waals surface area contributed by atoms with E-state index in [9.17, 15) is 9.59 Å². The SMILES string of the molecule is CCNC(=O)c1ccc(C)c(NC(=O)c2cc3ccccc3nc2N2CCCC2)c1. The summed E-state index contributed by atoms with van der Waals surface area (Å²) in [7, 11) is 0. The van der Waals surface area contributed by atoms with Crippen LogP contribution in [0.1, 0.15) is 46.0 Å². The monoisotopic (exact) mass is 402 g/mol. The van der Waals surface area contributed by atoms with Crippen LogP contribution in [0.3, 0.4) is 0 Å². The lowest BCUT2D eigenvalue weighted by molar-refractivity contribution is 0.0954. The molecular weight excluding hydrogens is 376 g/mol. The zero-order valence-corrected chi connectivity index (χ0v) is 17.4. The maximum absolute atomic E-state index is 13.3. The second kappa shape index (κ2) is 8.53. The zero-order valence-electron chi connectivity index (χ0n) is 17.4. The van der Waals surface area contributed by atoms with Gasteiger partial charge in [-0.15, -0.1) is 0 Å². The molecule has 6 heteroatoms. The molecule has 2 amide bonds. The van der Waals surface area contributed by atoms with Crippen molar-refractivity contribution in [1.29, 1.82) is 0 Å². The minimum absolute atomic E-state index is 0.155. The van der Waals surface area contributed by atoms with Crippen molar-refractivity contribution in [3.8, 4) is 0 Å². The molecule has 2 heterocycles. The van der Waals surface area contributed by atoms with Crippen molar-refractivity contribution in [2.24, 2.45) is 0 Å². The second-order valence-corrected chi connectivity index (χ2v) is 7.59. The van der Waals surface area contributed by atoms with E-state index in [0.717, 1.165) is 48.2 Å². The van der Waals surface area contributed by atoms with Crippen LogP contribution in [-0.2, 0) is 0 Å². The number of benzene rings is 2. The van der Waals surface area contributed by atoms with Gasteiger partial charge in [-0.2, -0.15) is 0 Å². The van der Waals surface area contributed by atoms with Crippen molar-refractivity contribution in [3.63, 3.8) is 0 Å². The van der Waals surface area contributed by atoms with E-state index in [2.05, 4.69) is 15.5 Å². The van der Waals surface area contributed by atoms with Crippen LogP contribution in [0.15, 0.2) is 48.5 Å². The van der Waals surface area contributed by atoms with E-state index in [0.29, 0.717) is 23.4 Å². The van der Waals surface area contributed by atoms with Crippen LogP contribution in [0, 0.1) is 6.92 Å². The van der Waals surface area contributed by atoms with Crippen LogP contribution in [0.2, 0.25) is 0 Å². The summed E-state index contributed by atoms with van der Waals surface area (Å²) in [5, 5.41) is 6.73. The normalized spacial score (nSPS) is 13.5. The van der Waals surface area contributed by atoms with Crippen LogP contribution < -0.4 is 15.5 Å². The lowest BCUT2D eigenvalue weighted by atomic mass is 10.1. The Hall–Kier alpha value is -3.41. The summed E-state index contributed by atoms with van der Waals surface area (Å²) < 4.78 is 0. The predicted molar refractivity (Wildman–Crippen MR) is 120 cm³/mol. The van der Waals surface area contributed by atoms with Gasteiger partial charge < -0.3 is 15.5 Å². The largest absolute Gasteiger partial charge is 0.356 e. The molecule has 0 saturated carbocycles. The Kier molecular flexibility index (Phi) is 5.65. The molecule has 1 saturated heterocycles. The number of para-hydroxylation sites is 1. The van der Waals surface area contributed by atoms with Gasteiger partial charge in [0.2, 0.25) is 0 Å². The predicted octanol–water partition coefficient (Wildman–Crippen LogP) is 4.15. The second-order valence-electron chi connectivity index (χ2n) is 7.59. The number of fused-ring (bicyclic) bond motifs is 1. The van der Waals surface area contributed by atoms with Crippen LogP contribution in [0.5, 0.6) is 0 Å². The molecule has 0 bridgehead atoms. The molecule has 30 heavy (non-hydrogen) atoms. The first-order valence-electron chi connectivity index (χ1n) is 10.4. The number of hydrogen-bond donors (Lipinski definition) is 2. The molecule has 0 spiro atoms. The molecule has 0 unspecified atom stereocenters. The number of hydrogen-bond acceptors (Lipinski definition) is 4. The molecule has 2 aromatic carbocycles. The molecular formula is C24H26N4O2. The van der Waals surface area contributed by atoms with E-state index in [-0.39, 0.29) is 11.8 Å². The van der Waals surface area contributed by atoms with Gasteiger partial charge in [0, 0.05) is 36.3 Å². The molecule has 2 N–H and O–H groups in total. The van der Waals surface area contributed by atoms with Crippen LogP contribution in [0.4, 0.5) is 11.5 Å². The number of carbonyl (C=O) groups excluding carboxylic acids is 2. The standard InChI is InChI=1S/C24H26N4O2/c1-3-25-23(29)18-11-10-16(2)21(15-18)27-24(30)19-14-17-8-4-5-9-20(17)26-22(19)28-12-6-7-13-28/h4-5,8-11,14-15H,3,6-7,12-13H2,1-2H3,(H,25,29)(H,27,30). The molecule has 0 aliphatic carbocycles. The Bertz CT molecular complexity index is 1100. The number of aromatic nitrogens is 1. The van der Waals surface area contributed by atoms with Gasteiger partial charge in [0.1, 0.15) is 5.82 Å². The number of nitrogens with one attached hydrogen (secondary N) is 2. The highest BCUT2D eigenvalue weighted by molar-refractivity contribution is 6.10. The van der Waals surface area contributed by atoms with Crippen LogP contribution in [0.25, 0.3) is 10.9 Å². The summed E-state index contributed by atoms with van der Waals surface area (Å²) in [6.45, 7) is 6.14. The Labute approximate surface area is 176 Å². The smallest absolute Gasteiger partial charge is 0.259 e. The maximum Gasteiger partial charge on any atom is 0.259 e. The number of anilines is 2. The number of carbonyl (C=O) groups is 2. The lowest BCUT2D eigenvalue weighted by Crippen LogP contribution is -2.25. The van der Waals surface area contributed by atoms with E-state index in [4.69, 9.17) is 4.98 Å². The third-order valence-corrected chi connectivity index (χ3v) is 5.44. The molecule has 1 aliphatic rings. The Morgan fingerprint density at radius 2 is 1.80 bits per heavy atom. The van der Waals surface area contributed by atoms with Crippen molar-refractivity contribution in [1.82, 2.24) is 10.3 Å². The van der Waals surface area contributed by atoms with Gasteiger partial charge >= 0.3 is 0 Å². The first kappa shape index (κ1) is 19.9. The summed E-state index contributed by atoms with van der Waals surface area (Å²) in [5.41, 5.74) is 3.48. The first-order valence-corrected chi connectivity index (χ1v) is 10.4. The number of aryl methyl sites for hydroxylation is 1. The molecule has 0 radical (unpaired) electrons. The van der Waals surface area contributed by atoms with Crippen molar-refractivity contribution >= 4 is 34.2 Å². The highest BCUT2D eigenvalue weighted by Gasteiger charge is 2.22. The van der Waals surface area contributed by atoms with E-state index >= 15 is 0 Å². The average molecular weight is 402 g/mol. The van der Waals surface area contributed by atoms with Gasteiger partial charge in [0.25, 0.3) is 11.8 Å². The fraction of sp³-hybridized carbons (Fsp3) is 0.292. The van der Waals surface area contributed by atoms with E-state index in [1.54, 1.807) is 12.1 Å². The number of rotatable bonds is 5. The highest BCUT2D eigenvalue weighted by atomic mass is 16.2. The Morgan fingerprint density at radius 1 is 1.03 bits per heavy atom. The molecule has 3 aromatic rings. The number of nitrogens with zero attached hydrogens (tertiary/aromatic N) is 2. The summed E-state index contributed by atoms with van der Waals surface area (Å²) in [5.74, 6) is 0.352. The summed E-state index contributed by atoms with van der Waals surface area (Å²) in [4.78, 5) is 32.5. The first-order chi connectivity index (χ1) is 14.6. The Morgan fingerprint density at radius 3 is 2.57 bits per heavy atom. The van der Waals surface area contributed by atoms with Gasteiger partial charge in [-0.25, -0.2) is 4.98 Å². The van der Waals surface area contributed by atoms with E-state index < -0.39 is 0 Å². The molecule has 1 aliphatic heterocycles. The highest BCUT2D eigenvalue weighted by Crippen LogP contribution is 2.28. The van der Waals surface area contributed by atoms with Crippen LogP contribution in [-0.4, -0.2) is 36.4 Å². The van der Waals surface area contributed by atoms with Crippen molar-refractivity contribution < 1.29 is 9.59 Å². The Balaban J connectivity index is 1.70. The minimum atomic E-state index is -0.216. The molecule has 6 nitrogen and oxygen atoms in total. The lowest BCUT2D eigenvalue weighted by Gasteiger charge is -2.21. The van der Waals surface area contributed by atoms with Crippen molar-refractivity contribution in [3.05, 3.63) is 65.2 Å². The molecule has 154 valence electrons. The molecule has 1 aromatic heterocycles. The number of pyridine rings is 1. The summed E-state index contributed by atoms with van der Waals surface area (Å²) in [6.07, 6.45) is 2.20. The van der Waals surface area contributed by atoms with Gasteiger partial charge in [-0.3, -0.25) is 9.59 Å². The van der Waals surface area contributed by atoms with Crippen molar-refractivity contribution in [2.45, 2.75) is 26.7 Å². The van der Waals surface area contributed by atoms with E-state index in [1.165, 1.54) is 0 Å². The summed E-state index contributed by atoms with van der Waals surface area (Å²) >= 11 is 0. The van der Waals surface area contributed by atoms with Gasteiger partial charge in [-0.1, -0.05) is 24.3 Å². The van der Waals surface area contributed by atoms with E-state index in [1.807, 2.05) is 50.2 Å². The minimum Gasteiger partial charge on any atom is -0.356 e. The quantitative estimate of drug-likeness (QED) is 0.672. The van der Waals surface area contributed by atoms with Gasteiger partial charge in [0.05, 0.1) is 11.1 Å².